The predicted octanol–water partition coefficient (Wildman–Crippen LogP) is 14.2. The van der Waals surface area contributed by atoms with Gasteiger partial charge >= 0.3 is 0 Å². The van der Waals surface area contributed by atoms with E-state index in [1.54, 1.807) is 0 Å². The Labute approximate surface area is 360 Å². The van der Waals surface area contributed by atoms with Gasteiger partial charge in [-0.3, -0.25) is 0 Å². The molecule has 0 saturated heterocycles. The average molecular weight is 780 g/mol. The van der Waals surface area contributed by atoms with Crippen LogP contribution < -0.4 is 0 Å². The maximum absolute atomic E-state index is 5.44. The summed E-state index contributed by atoms with van der Waals surface area (Å²) in [7, 11) is 0. The molecule has 0 spiro atoms. The monoisotopic (exact) mass is 779 g/mol. The Morgan fingerprint density at radius 2 is 0.754 bits per heavy atom. The molecule has 1 heteroatoms. The van der Waals surface area contributed by atoms with Crippen molar-refractivity contribution in [2.24, 2.45) is 0 Å². The lowest BCUT2D eigenvalue weighted by Gasteiger charge is -2.20. The summed E-state index contributed by atoms with van der Waals surface area (Å²) in [5.41, 5.74) is 16.0. The Kier molecular flexibility index (Phi) is 10.2. The summed E-state index contributed by atoms with van der Waals surface area (Å²) in [5, 5.41) is 2.54. The molecule has 2 aliphatic carbocycles. The SMILES string of the molecule is C#Cc1ccc(-n2c3ccccc3c3ccccc32)cc1.CC.CC1(C#Cc2cccc(C#CC3(C)c4ccccc4-c4ccccc43)c2)c2ccccc2-c2ccccc21. The van der Waals surface area contributed by atoms with Crippen molar-refractivity contribution < 1.29 is 0 Å². The van der Waals surface area contributed by atoms with E-state index in [1.165, 1.54) is 66.3 Å². The van der Waals surface area contributed by atoms with Gasteiger partial charge in [-0.2, -0.15) is 0 Å². The van der Waals surface area contributed by atoms with E-state index in [-0.39, 0.29) is 10.8 Å². The second kappa shape index (κ2) is 16.1. The topological polar surface area (TPSA) is 4.93 Å². The number of rotatable bonds is 1. The van der Waals surface area contributed by atoms with Crippen molar-refractivity contribution in [3.8, 4) is 64.0 Å². The quantitative estimate of drug-likeness (QED) is 0.146. The number of nitrogens with zero attached hydrogens (tertiary/aromatic N) is 1. The van der Waals surface area contributed by atoms with Crippen LogP contribution in [0.2, 0.25) is 0 Å². The van der Waals surface area contributed by atoms with Crippen molar-refractivity contribution in [1.82, 2.24) is 4.57 Å². The van der Waals surface area contributed by atoms with Gasteiger partial charge in [-0.1, -0.05) is 183 Å². The highest BCUT2D eigenvalue weighted by molar-refractivity contribution is 6.09. The third-order valence-electron chi connectivity index (χ3n) is 12.1. The van der Waals surface area contributed by atoms with E-state index in [2.05, 4.69) is 230 Å². The van der Waals surface area contributed by atoms with E-state index < -0.39 is 0 Å². The summed E-state index contributed by atoms with van der Waals surface area (Å²) in [5.74, 6) is 17.0. The van der Waals surface area contributed by atoms with Crippen molar-refractivity contribution in [3.05, 3.63) is 233 Å². The molecule has 9 aromatic rings. The predicted molar refractivity (Wildman–Crippen MR) is 257 cm³/mol. The van der Waals surface area contributed by atoms with Crippen LogP contribution in [-0.4, -0.2) is 4.57 Å². The number of aromatic nitrogens is 1. The summed E-state index contributed by atoms with van der Waals surface area (Å²) < 4.78 is 2.28. The summed E-state index contributed by atoms with van der Waals surface area (Å²) in [4.78, 5) is 0. The molecule has 8 aromatic carbocycles. The molecule has 290 valence electrons. The number of hydrogen-bond acceptors (Lipinski definition) is 0. The van der Waals surface area contributed by atoms with E-state index >= 15 is 0 Å². The van der Waals surface area contributed by atoms with Gasteiger partial charge in [0.05, 0.1) is 21.9 Å². The normalized spacial score (nSPS) is 12.9. The molecule has 2 aliphatic rings. The fourth-order valence-corrected chi connectivity index (χ4v) is 9.15. The van der Waals surface area contributed by atoms with Crippen molar-refractivity contribution in [2.45, 2.75) is 38.5 Å². The number of terminal acetylenes is 1. The lowest BCUT2D eigenvalue weighted by atomic mass is 9.80. The lowest BCUT2D eigenvalue weighted by Crippen LogP contribution is -2.18. The van der Waals surface area contributed by atoms with Crippen molar-refractivity contribution >= 4 is 21.8 Å². The maximum Gasteiger partial charge on any atom is 0.0799 e. The highest BCUT2D eigenvalue weighted by Gasteiger charge is 2.38. The van der Waals surface area contributed by atoms with Crippen LogP contribution in [0.4, 0.5) is 0 Å². The van der Waals surface area contributed by atoms with Crippen LogP contribution in [0.25, 0.3) is 49.7 Å². The smallest absolute Gasteiger partial charge is 0.0799 e. The molecule has 11 rings (SSSR count). The molecule has 1 aromatic heterocycles. The zero-order valence-corrected chi connectivity index (χ0v) is 35.0. The molecule has 0 bridgehead atoms. The molecule has 1 heterocycles. The van der Waals surface area contributed by atoms with Crippen LogP contribution in [0.15, 0.2) is 194 Å². The fraction of sp³-hybridized carbons (Fsp3) is 0.100. The highest BCUT2D eigenvalue weighted by atomic mass is 15.0. The van der Waals surface area contributed by atoms with E-state index in [1.807, 2.05) is 26.0 Å². The number of para-hydroxylation sites is 2. The Bertz CT molecular complexity index is 2990. The number of benzene rings is 8. The number of fused-ring (bicyclic) bond motifs is 9. The molecule has 0 aliphatic heterocycles. The third-order valence-corrected chi connectivity index (χ3v) is 12.1. The van der Waals surface area contributed by atoms with E-state index in [0.717, 1.165) is 22.4 Å². The lowest BCUT2D eigenvalue weighted by molar-refractivity contribution is 0.778. The standard InChI is InChI=1S/C38H26.C20H13N.C2H6/c1-37(33-18-7-3-14-29(33)30-15-4-8-19-34(30)37)24-22-27-12-11-13-28(26-27)23-25-38(2)35-20-9-5-16-31(35)32-17-6-10-21-36(32)38;1-2-15-11-13-16(14-12-15)21-19-9-5-3-7-17(19)18-8-4-6-10-20(18)21;1-2/h3-21,26H,1-2H3;1,3-14H;1-2H3. The van der Waals surface area contributed by atoms with Crippen LogP contribution in [0.1, 0.15) is 66.6 Å². The van der Waals surface area contributed by atoms with Crippen molar-refractivity contribution in [1.29, 1.82) is 0 Å². The minimum atomic E-state index is -0.348. The first-order valence-electron chi connectivity index (χ1n) is 21.1. The zero-order chi connectivity index (χ0) is 42.0. The summed E-state index contributed by atoms with van der Waals surface area (Å²) in [6, 6.07) is 68.0. The molecule has 0 atom stereocenters. The molecule has 0 unspecified atom stereocenters. The molecule has 0 saturated carbocycles. The average Bonchev–Trinajstić information content (AvgIpc) is 3.90. The van der Waals surface area contributed by atoms with Gasteiger partial charge in [0, 0.05) is 33.2 Å². The van der Waals surface area contributed by atoms with Crippen molar-refractivity contribution in [3.63, 3.8) is 0 Å². The molecular weight excluding hydrogens is 735 g/mol. The van der Waals surface area contributed by atoms with Gasteiger partial charge in [-0.25, -0.2) is 0 Å². The van der Waals surface area contributed by atoms with Crippen LogP contribution in [0.3, 0.4) is 0 Å². The fourth-order valence-electron chi connectivity index (χ4n) is 9.15. The Morgan fingerprint density at radius 3 is 1.15 bits per heavy atom. The van der Waals surface area contributed by atoms with Gasteiger partial charge in [0.2, 0.25) is 0 Å². The second-order valence-electron chi connectivity index (χ2n) is 15.6. The van der Waals surface area contributed by atoms with E-state index in [0.29, 0.717) is 0 Å². The molecule has 0 radical (unpaired) electrons. The molecule has 0 N–H and O–H groups in total. The Balaban J connectivity index is 0.000000175. The molecule has 0 amide bonds. The molecule has 61 heavy (non-hydrogen) atoms. The van der Waals surface area contributed by atoms with Crippen molar-refractivity contribution in [2.75, 3.05) is 0 Å². The Morgan fingerprint density at radius 1 is 0.393 bits per heavy atom. The summed E-state index contributed by atoms with van der Waals surface area (Å²) >= 11 is 0. The molecule has 1 nitrogen and oxygen atoms in total. The van der Waals surface area contributed by atoms with Gasteiger partial charge in [0.25, 0.3) is 0 Å². The maximum atomic E-state index is 5.44. The first-order valence-corrected chi connectivity index (χ1v) is 21.1. The van der Waals surface area contributed by atoms with Crippen LogP contribution in [-0.2, 0) is 10.8 Å². The largest absolute Gasteiger partial charge is 0.309 e. The second-order valence-corrected chi connectivity index (χ2v) is 15.6. The van der Waals surface area contributed by atoms with Gasteiger partial charge in [-0.05, 0) is 113 Å². The van der Waals surface area contributed by atoms with E-state index in [9.17, 15) is 0 Å². The zero-order valence-electron chi connectivity index (χ0n) is 35.0. The Hall–Kier alpha value is -7.76. The third kappa shape index (κ3) is 6.70. The molecular formula is C60H45N. The van der Waals surface area contributed by atoms with E-state index in [4.69, 9.17) is 6.42 Å². The van der Waals surface area contributed by atoms with Gasteiger partial charge in [0.1, 0.15) is 0 Å². The number of hydrogen-bond donors (Lipinski definition) is 0. The minimum absolute atomic E-state index is 0.348. The van der Waals surface area contributed by atoms with Gasteiger partial charge in [-0.15, -0.1) is 6.42 Å². The minimum Gasteiger partial charge on any atom is -0.309 e. The summed E-state index contributed by atoms with van der Waals surface area (Å²) in [6.07, 6.45) is 5.44. The first-order chi connectivity index (χ1) is 30.0. The van der Waals surface area contributed by atoms with Crippen LogP contribution >= 0.6 is 0 Å². The van der Waals surface area contributed by atoms with Gasteiger partial charge in [0.15, 0.2) is 0 Å². The molecule has 0 fully saturated rings. The van der Waals surface area contributed by atoms with Gasteiger partial charge < -0.3 is 4.57 Å². The highest BCUT2D eigenvalue weighted by Crippen LogP contribution is 2.49. The summed E-state index contributed by atoms with van der Waals surface area (Å²) in [6.45, 7) is 8.48. The first kappa shape index (κ1) is 38.7. The van der Waals surface area contributed by atoms with Crippen LogP contribution in [0.5, 0.6) is 0 Å². The van der Waals surface area contributed by atoms with Crippen LogP contribution in [0, 0.1) is 36.0 Å².